The van der Waals surface area contributed by atoms with Gasteiger partial charge in [0.2, 0.25) is 0 Å². The van der Waals surface area contributed by atoms with Crippen molar-refractivity contribution in [3.05, 3.63) is 33.8 Å². The summed E-state index contributed by atoms with van der Waals surface area (Å²) in [7, 11) is 0. The fourth-order valence-electron chi connectivity index (χ4n) is 1.99. The number of hydrogen-bond acceptors (Lipinski definition) is 1. The van der Waals surface area contributed by atoms with Gasteiger partial charge < -0.3 is 5.41 Å². The first-order chi connectivity index (χ1) is 6.00. The Morgan fingerprint density at radius 2 is 2.08 bits per heavy atom. The highest BCUT2D eigenvalue weighted by Gasteiger charge is 2.33. The van der Waals surface area contributed by atoms with Crippen LogP contribution in [0.5, 0.6) is 0 Å². The Bertz CT molecular complexity index is 380. The molecule has 68 valence electrons. The van der Waals surface area contributed by atoms with Crippen LogP contribution in [-0.4, -0.2) is 5.71 Å². The Balaban J connectivity index is 2.66. The molecule has 0 amide bonds. The van der Waals surface area contributed by atoms with Gasteiger partial charge in [-0.3, -0.25) is 0 Å². The summed E-state index contributed by atoms with van der Waals surface area (Å²) in [5.74, 6) is 0. The van der Waals surface area contributed by atoms with Gasteiger partial charge in [0.05, 0.1) is 0 Å². The predicted octanol–water partition coefficient (Wildman–Crippen LogP) is 3.50. The van der Waals surface area contributed by atoms with Gasteiger partial charge in [0.15, 0.2) is 0 Å². The second-order valence-electron chi connectivity index (χ2n) is 4.23. The van der Waals surface area contributed by atoms with Crippen LogP contribution in [0.4, 0.5) is 0 Å². The fourth-order valence-corrected chi connectivity index (χ4v) is 2.35. The second kappa shape index (κ2) is 2.68. The third-order valence-corrected chi connectivity index (χ3v) is 3.15. The van der Waals surface area contributed by atoms with Crippen LogP contribution in [0.15, 0.2) is 22.7 Å². The zero-order chi connectivity index (χ0) is 9.64. The first-order valence-electron chi connectivity index (χ1n) is 4.38. The van der Waals surface area contributed by atoms with E-state index in [0.29, 0.717) is 0 Å². The minimum absolute atomic E-state index is 0.146. The van der Waals surface area contributed by atoms with Gasteiger partial charge in [-0.2, -0.15) is 0 Å². The van der Waals surface area contributed by atoms with Crippen molar-refractivity contribution in [2.24, 2.45) is 0 Å². The van der Waals surface area contributed by atoms with Crippen molar-refractivity contribution in [2.75, 3.05) is 0 Å². The van der Waals surface area contributed by atoms with E-state index >= 15 is 0 Å². The summed E-state index contributed by atoms with van der Waals surface area (Å²) in [4.78, 5) is 0. The molecule has 1 aliphatic rings. The normalized spacial score (nSPS) is 18.8. The molecule has 1 aromatic rings. The van der Waals surface area contributed by atoms with E-state index in [9.17, 15) is 0 Å². The van der Waals surface area contributed by atoms with E-state index in [1.165, 1.54) is 5.56 Å². The van der Waals surface area contributed by atoms with Gasteiger partial charge in [0, 0.05) is 15.7 Å². The van der Waals surface area contributed by atoms with Crippen LogP contribution in [0, 0.1) is 5.41 Å². The van der Waals surface area contributed by atoms with Crippen LogP contribution >= 0.6 is 15.9 Å². The molecule has 0 unspecified atom stereocenters. The van der Waals surface area contributed by atoms with E-state index in [1.54, 1.807) is 0 Å². The van der Waals surface area contributed by atoms with E-state index in [1.807, 2.05) is 6.07 Å². The maximum atomic E-state index is 7.86. The maximum absolute atomic E-state index is 7.86. The van der Waals surface area contributed by atoms with Crippen LogP contribution in [0.1, 0.15) is 31.4 Å². The van der Waals surface area contributed by atoms with Crippen LogP contribution in [0.3, 0.4) is 0 Å². The van der Waals surface area contributed by atoms with E-state index in [4.69, 9.17) is 5.41 Å². The summed E-state index contributed by atoms with van der Waals surface area (Å²) in [5, 5.41) is 7.86. The summed E-state index contributed by atoms with van der Waals surface area (Å²) in [6, 6.07) is 6.23. The Labute approximate surface area is 86.8 Å². The topological polar surface area (TPSA) is 23.9 Å². The van der Waals surface area contributed by atoms with Crippen molar-refractivity contribution in [2.45, 2.75) is 25.7 Å². The molecule has 0 saturated heterocycles. The molecule has 1 aliphatic carbocycles. The Morgan fingerprint density at radius 3 is 2.77 bits per heavy atom. The maximum Gasteiger partial charge on any atom is 0.0398 e. The van der Waals surface area contributed by atoms with Crippen molar-refractivity contribution in [3.8, 4) is 0 Å². The number of hydrogen-bond donors (Lipinski definition) is 1. The predicted molar refractivity (Wildman–Crippen MR) is 58.6 cm³/mol. The summed E-state index contributed by atoms with van der Waals surface area (Å²) >= 11 is 3.43. The summed E-state index contributed by atoms with van der Waals surface area (Å²) < 4.78 is 1.06. The molecule has 1 aromatic carbocycles. The van der Waals surface area contributed by atoms with Gasteiger partial charge in [0.1, 0.15) is 0 Å². The lowest BCUT2D eigenvalue weighted by atomic mass is 9.87. The fraction of sp³-hybridized carbons (Fsp3) is 0.364. The van der Waals surface area contributed by atoms with Crippen molar-refractivity contribution in [1.29, 1.82) is 5.41 Å². The van der Waals surface area contributed by atoms with Gasteiger partial charge in [-0.15, -0.1) is 0 Å². The monoisotopic (exact) mass is 237 g/mol. The molecule has 0 aliphatic heterocycles. The second-order valence-corrected chi connectivity index (χ2v) is 5.14. The highest BCUT2D eigenvalue weighted by Crippen LogP contribution is 2.38. The first kappa shape index (κ1) is 8.95. The van der Waals surface area contributed by atoms with E-state index in [2.05, 4.69) is 41.9 Å². The Morgan fingerprint density at radius 1 is 1.38 bits per heavy atom. The lowest BCUT2D eigenvalue weighted by Gasteiger charge is -2.17. The van der Waals surface area contributed by atoms with Crippen LogP contribution in [0.2, 0.25) is 0 Å². The Kier molecular flexibility index (Phi) is 1.84. The van der Waals surface area contributed by atoms with E-state index < -0.39 is 0 Å². The lowest BCUT2D eigenvalue weighted by molar-refractivity contribution is 0.567. The van der Waals surface area contributed by atoms with Crippen molar-refractivity contribution < 1.29 is 0 Å². The van der Waals surface area contributed by atoms with E-state index in [-0.39, 0.29) is 5.41 Å². The number of benzene rings is 1. The molecule has 0 fully saturated rings. The standard InChI is InChI=1S/C11H12BrN/c1-11(2)6-10(13)8-5-7(12)3-4-9(8)11/h3-5,13H,6H2,1-2H3. The molecule has 2 heteroatoms. The quantitative estimate of drug-likeness (QED) is 0.715. The van der Waals surface area contributed by atoms with Gasteiger partial charge in [0.25, 0.3) is 0 Å². The third kappa shape index (κ3) is 1.33. The van der Waals surface area contributed by atoms with E-state index in [0.717, 1.165) is 22.2 Å². The first-order valence-corrected chi connectivity index (χ1v) is 5.18. The highest BCUT2D eigenvalue weighted by atomic mass is 79.9. The molecule has 0 bridgehead atoms. The minimum Gasteiger partial charge on any atom is -0.305 e. The molecule has 0 saturated carbocycles. The summed E-state index contributed by atoms with van der Waals surface area (Å²) in [6.45, 7) is 4.39. The highest BCUT2D eigenvalue weighted by molar-refractivity contribution is 9.10. The smallest absolute Gasteiger partial charge is 0.0398 e. The molecule has 2 rings (SSSR count). The van der Waals surface area contributed by atoms with Gasteiger partial charge >= 0.3 is 0 Å². The van der Waals surface area contributed by atoms with Crippen LogP contribution < -0.4 is 0 Å². The van der Waals surface area contributed by atoms with Crippen LogP contribution in [-0.2, 0) is 5.41 Å². The molecule has 0 radical (unpaired) electrons. The number of rotatable bonds is 0. The molecular weight excluding hydrogens is 226 g/mol. The number of fused-ring (bicyclic) bond motifs is 1. The molecule has 0 spiro atoms. The molecule has 1 nitrogen and oxygen atoms in total. The minimum atomic E-state index is 0.146. The lowest BCUT2D eigenvalue weighted by Crippen LogP contribution is -2.12. The zero-order valence-electron chi connectivity index (χ0n) is 7.82. The summed E-state index contributed by atoms with van der Waals surface area (Å²) in [6.07, 6.45) is 0.860. The van der Waals surface area contributed by atoms with Gasteiger partial charge in [-0.25, -0.2) is 0 Å². The van der Waals surface area contributed by atoms with Crippen molar-refractivity contribution in [3.63, 3.8) is 0 Å². The molecule has 0 heterocycles. The average Bonchev–Trinajstić information content (AvgIpc) is 2.22. The zero-order valence-corrected chi connectivity index (χ0v) is 9.40. The van der Waals surface area contributed by atoms with Gasteiger partial charge in [-0.05, 0) is 29.5 Å². The molecule has 13 heavy (non-hydrogen) atoms. The molecule has 0 atom stereocenters. The average molecular weight is 238 g/mol. The van der Waals surface area contributed by atoms with Crippen molar-refractivity contribution in [1.82, 2.24) is 0 Å². The number of nitrogens with one attached hydrogen (secondary N) is 1. The summed E-state index contributed by atoms with van der Waals surface area (Å²) in [5.41, 5.74) is 3.33. The van der Waals surface area contributed by atoms with Gasteiger partial charge in [-0.1, -0.05) is 35.8 Å². The largest absolute Gasteiger partial charge is 0.305 e. The number of halogens is 1. The molecular formula is C11H12BrN. The van der Waals surface area contributed by atoms with Crippen molar-refractivity contribution >= 4 is 21.6 Å². The molecule has 0 aromatic heterocycles. The third-order valence-electron chi connectivity index (χ3n) is 2.65. The SMILES string of the molecule is CC1(C)CC(=N)c2cc(Br)ccc21. The Hall–Kier alpha value is -0.630. The van der Waals surface area contributed by atoms with Crippen LogP contribution in [0.25, 0.3) is 0 Å². The molecule has 1 N–H and O–H groups in total.